The van der Waals surface area contributed by atoms with Crippen molar-refractivity contribution in [3.05, 3.63) is 59.4 Å². The van der Waals surface area contributed by atoms with Gasteiger partial charge in [-0.15, -0.1) is 0 Å². The van der Waals surface area contributed by atoms with Crippen LogP contribution in [0.15, 0.2) is 42.5 Å². The Bertz CT molecular complexity index is 593. The Labute approximate surface area is 103 Å². The summed E-state index contributed by atoms with van der Waals surface area (Å²) in [5, 5.41) is 8.86. The number of carbonyl (C=O) groups is 1. The SMILES string of the molecule is Cc1ccc(F)cc1Oc1cccc(C(=O)O)c1. The standard InChI is InChI=1S/C14H11FO3/c1-9-5-6-11(15)8-13(9)18-12-4-2-3-10(7-12)14(16)17/h2-8H,1H3,(H,16,17). The third-order valence-corrected chi connectivity index (χ3v) is 2.46. The van der Waals surface area contributed by atoms with E-state index in [1.807, 2.05) is 0 Å². The summed E-state index contributed by atoms with van der Waals surface area (Å²) < 4.78 is 18.6. The van der Waals surface area contributed by atoms with Crippen LogP contribution in [-0.4, -0.2) is 11.1 Å². The van der Waals surface area contributed by atoms with Gasteiger partial charge in [0.15, 0.2) is 0 Å². The van der Waals surface area contributed by atoms with Crippen LogP contribution >= 0.6 is 0 Å². The molecular formula is C14H11FO3. The van der Waals surface area contributed by atoms with E-state index in [1.54, 1.807) is 25.1 Å². The van der Waals surface area contributed by atoms with E-state index in [1.165, 1.54) is 24.3 Å². The van der Waals surface area contributed by atoms with Crippen LogP contribution in [0.4, 0.5) is 4.39 Å². The van der Waals surface area contributed by atoms with Crippen LogP contribution in [0, 0.1) is 12.7 Å². The molecule has 0 unspecified atom stereocenters. The quantitative estimate of drug-likeness (QED) is 0.899. The number of hydrogen-bond donors (Lipinski definition) is 1. The van der Waals surface area contributed by atoms with Gasteiger partial charge in [0.1, 0.15) is 17.3 Å². The highest BCUT2D eigenvalue weighted by Crippen LogP contribution is 2.26. The predicted octanol–water partition coefficient (Wildman–Crippen LogP) is 3.62. The zero-order valence-corrected chi connectivity index (χ0v) is 9.68. The maximum absolute atomic E-state index is 13.1. The number of hydrogen-bond acceptors (Lipinski definition) is 2. The predicted molar refractivity (Wildman–Crippen MR) is 64.6 cm³/mol. The second kappa shape index (κ2) is 4.87. The van der Waals surface area contributed by atoms with E-state index in [0.29, 0.717) is 11.5 Å². The Morgan fingerprint density at radius 2 is 2.00 bits per heavy atom. The molecule has 0 fully saturated rings. The van der Waals surface area contributed by atoms with Crippen LogP contribution in [-0.2, 0) is 0 Å². The lowest BCUT2D eigenvalue weighted by molar-refractivity contribution is 0.0696. The van der Waals surface area contributed by atoms with Crippen molar-refractivity contribution in [1.29, 1.82) is 0 Å². The third-order valence-electron chi connectivity index (χ3n) is 2.46. The van der Waals surface area contributed by atoms with Crippen molar-refractivity contribution in [2.45, 2.75) is 6.92 Å². The Morgan fingerprint density at radius 3 is 2.72 bits per heavy atom. The second-order valence-corrected chi connectivity index (χ2v) is 3.84. The molecule has 0 aliphatic heterocycles. The van der Waals surface area contributed by atoms with E-state index < -0.39 is 11.8 Å². The zero-order chi connectivity index (χ0) is 13.1. The van der Waals surface area contributed by atoms with Gasteiger partial charge in [0.2, 0.25) is 0 Å². The van der Waals surface area contributed by atoms with E-state index in [-0.39, 0.29) is 5.56 Å². The lowest BCUT2D eigenvalue weighted by atomic mass is 10.2. The zero-order valence-electron chi connectivity index (χ0n) is 9.68. The van der Waals surface area contributed by atoms with Gasteiger partial charge in [0, 0.05) is 6.07 Å². The minimum atomic E-state index is -1.03. The summed E-state index contributed by atoms with van der Waals surface area (Å²) in [6.45, 7) is 1.79. The molecular weight excluding hydrogens is 235 g/mol. The first-order valence-corrected chi connectivity index (χ1v) is 5.33. The van der Waals surface area contributed by atoms with E-state index in [2.05, 4.69) is 0 Å². The summed E-state index contributed by atoms with van der Waals surface area (Å²) in [5.41, 5.74) is 0.902. The molecule has 0 aromatic heterocycles. The first-order chi connectivity index (χ1) is 8.56. The number of benzene rings is 2. The van der Waals surface area contributed by atoms with Crippen LogP contribution in [0.25, 0.3) is 0 Å². The largest absolute Gasteiger partial charge is 0.478 e. The molecule has 92 valence electrons. The van der Waals surface area contributed by atoms with Crippen LogP contribution in [0.1, 0.15) is 15.9 Å². The summed E-state index contributed by atoms with van der Waals surface area (Å²) in [6, 6.07) is 10.3. The van der Waals surface area contributed by atoms with Gasteiger partial charge in [0.25, 0.3) is 0 Å². The van der Waals surface area contributed by atoms with E-state index >= 15 is 0 Å². The molecule has 4 heteroatoms. The topological polar surface area (TPSA) is 46.5 Å². The van der Waals surface area contributed by atoms with Crippen LogP contribution in [0.3, 0.4) is 0 Å². The van der Waals surface area contributed by atoms with Gasteiger partial charge in [-0.25, -0.2) is 9.18 Å². The van der Waals surface area contributed by atoms with Gasteiger partial charge in [-0.05, 0) is 36.8 Å². The Hall–Kier alpha value is -2.36. The first kappa shape index (κ1) is 12.1. The van der Waals surface area contributed by atoms with E-state index in [9.17, 15) is 9.18 Å². The van der Waals surface area contributed by atoms with Gasteiger partial charge in [-0.1, -0.05) is 12.1 Å². The van der Waals surface area contributed by atoms with Crippen molar-refractivity contribution in [3.8, 4) is 11.5 Å². The molecule has 0 atom stereocenters. The van der Waals surface area contributed by atoms with Gasteiger partial charge in [-0.3, -0.25) is 0 Å². The Kier molecular flexibility index (Phi) is 3.28. The molecule has 2 rings (SSSR count). The van der Waals surface area contributed by atoms with Gasteiger partial charge in [-0.2, -0.15) is 0 Å². The van der Waals surface area contributed by atoms with Gasteiger partial charge >= 0.3 is 5.97 Å². The summed E-state index contributed by atoms with van der Waals surface area (Å²) in [4.78, 5) is 10.8. The lowest BCUT2D eigenvalue weighted by Gasteiger charge is -2.09. The highest BCUT2D eigenvalue weighted by molar-refractivity contribution is 5.88. The van der Waals surface area contributed by atoms with Crippen molar-refractivity contribution in [2.75, 3.05) is 0 Å². The summed E-state index contributed by atoms with van der Waals surface area (Å²) in [5.74, 6) is -0.692. The maximum Gasteiger partial charge on any atom is 0.335 e. The molecule has 0 heterocycles. The summed E-state index contributed by atoms with van der Waals surface area (Å²) >= 11 is 0. The minimum Gasteiger partial charge on any atom is -0.478 e. The second-order valence-electron chi connectivity index (χ2n) is 3.84. The average molecular weight is 246 g/mol. The number of aromatic carboxylic acids is 1. The van der Waals surface area contributed by atoms with Crippen LogP contribution in [0.2, 0.25) is 0 Å². The number of aryl methyl sites for hydroxylation is 1. The normalized spacial score (nSPS) is 10.1. The molecule has 3 nitrogen and oxygen atoms in total. The fraction of sp³-hybridized carbons (Fsp3) is 0.0714. The third kappa shape index (κ3) is 2.66. The van der Waals surface area contributed by atoms with Gasteiger partial charge in [0.05, 0.1) is 5.56 Å². The molecule has 0 saturated heterocycles. The molecule has 18 heavy (non-hydrogen) atoms. The fourth-order valence-electron chi connectivity index (χ4n) is 1.50. The number of carboxylic acids is 1. The number of halogens is 1. The molecule has 2 aromatic carbocycles. The van der Waals surface area contributed by atoms with Crippen molar-refractivity contribution in [1.82, 2.24) is 0 Å². The van der Waals surface area contributed by atoms with Crippen molar-refractivity contribution in [2.24, 2.45) is 0 Å². The van der Waals surface area contributed by atoms with Gasteiger partial charge < -0.3 is 9.84 Å². The molecule has 0 bridgehead atoms. The monoisotopic (exact) mass is 246 g/mol. The minimum absolute atomic E-state index is 0.126. The average Bonchev–Trinajstić information content (AvgIpc) is 2.34. The highest BCUT2D eigenvalue weighted by atomic mass is 19.1. The number of carboxylic acid groups (broad SMARTS) is 1. The first-order valence-electron chi connectivity index (χ1n) is 5.33. The number of ether oxygens (including phenoxy) is 1. The number of rotatable bonds is 3. The molecule has 0 saturated carbocycles. The summed E-state index contributed by atoms with van der Waals surface area (Å²) in [6.07, 6.45) is 0. The van der Waals surface area contributed by atoms with Crippen LogP contribution < -0.4 is 4.74 Å². The lowest BCUT2D eigenvalue weighted by Crippen LogP contribution is -1.96. The molecule has 0 aliphatic carbocycles. The molecule has 2 aromatic rings. The smallest absolute Gasteiger partial charge is 0.335 e. The Morgan fingerprint density at radius 1 is 1.22 bits per heavy atom. The van der Waals surface area contributed by atoms with E-state index in [4.69, 9.17) is 9.84 Å². The fourth-order valence-corrected chi connectivity index (χ4v) is 1.50. The van der Waals surface area contributed by atoms with Crippen molar-refractivity contribution in [3.63, 3.8) is 0 Å². The Balaban J connectivity index is 2.31. The van der Waals surface area contributed by atoms with E-state index in [0.717, 1.165) is 5.56 Å². The van der Waals surface area contributed by atoms with Crippen LogP contribution in [0.5, 0.6) is 11.5 Å². The molecule has 1 N–H and O–H groups in total. The van der Waals surface area contributed by atoms with Crippen molar-refractivity contribution < 1.29 is 19.0 Å². The molecule has 0 aliphatic rings. The maximum atomic E-state index is 13.1. The molecule has 0 radical (unpaired) electrons. The highest BCUT2D eigenvalue weighted by Gasteiger charge is 2.06. The van der Waals surface area contributed by atoms with Crippen molar-refractivity contribution >= 4 is 5.97 Å². The molecule has 0 spiro atoms. The summed E-state index contributed by atoms with van der Waals surface area (Å²) in [7, 11) is 0. The molecule has 0 amide bonds.